The first-order valence-corrected chi connectivity index (χ1v) is 15.1. The number of ketones is 1. The van der Waals surface area contributed by atoms with Gasteiger partial charge in [-0.15, -0.1) is 0 Å². The molecule has 4 heteroatoms. The van der Waals surface area contributed by atoms with E-state index in [1.165, 1.54) is 32.1 Å². The molecule has 0 amide bonds. The lowest BCUT2D eigenvalue weighted by molar-refractivity contribution is -0.194. The van der Waals surface area contributed by atoms with E-state index >= 15 is 0 Å². The van der Waals surface area contributed by atoms with E-state index in [0.29, 0.717) is 30.0 Å². The molecular formula is C30H49BrO3. The molecular weight excluding hydrogens is 488 g/mol. The van der Waals surface area contributed by atoms with Gasteiger partial charge in [-0.05, 0) is 90.8 Å². The standard InChI is InChI=1S/C30H49BrO3/c1-17(2)18(3)8-9-19(4)23-12-13-24-22-11-10-21-14-26(33)25(31)15-29(21,6)28(22)27(34-20(5)32)16-30(23,24)7/h17-19,21-25,27-28H,8-16H2,1-7H3/t18-,19+,21-,22-,23+,24+,25+,27+,28+,29+,30-/m0/s1. The highest BCUT2D eigenvalue weighted by Gasteiger charge is 2.65. The number of hydrogen-bond acceptors (Lipinski definition) is 3. The van der Waals surface area contributed by atoms with Crippen LogP contribution in [-0.4, -0.2) is 22.7 Å². The summed E-state index contributed by atoms with van der Waals surface area (Å²) in [6.07, 6.45) is 10.2. The van der Waals surface area contributed by atoms with Crippen molar-refractivity contribution in [2.45, 2.75) is 117 Å². The smallest absolute Gasteiger partial charge is 0.302 e. The summed E-state index contributed by atoms with van der Waals surface area (Å²) in [6, 6.07) is 0. The number of alkyl halides is 1. The molecule has 4 saturated carbocycles. The maximum atomic E-state index is 12.6. The maximum Gasteiger partial charge on any atom is 0.302 e. The summed E-state index contributed by atoms with van der Waals surface area (Å²) >= 11 is 3.72. The molecule has 11 atom stereocenters. The summed E-state index contributed by atoms with van der Waals surface area (Å²) in [4.78, 5) is 24.9. The van der Waals surface area contributed by atoms with Crippen molar-refractivity contribution in [1.29, 1.82) is 0 Å². The van der Waals surface area contributed by atoms with Crippen LogP contribution < -0.4 is 0 Å². The molecule has 4 aliphatic carbocycles. The van der Waals surface area contributed by atoms with Crippen LogP contribution in [0.25, 0.3) is 0 Å². The molecule has 0 aromatic carbocycles. The van der Waals surface area contributed by atoms with Gasteiger partial charge in [-0.2, -0.15) is 0 Å². The van der Waals surface area contributed by atoms with Gasteiger partial charge in [0.2, 0.25) is 0 Å². The van der Waals surface area contributed by atoms with Crippen molar-refractivity contribution in [3.63, 3.8) is 0 Å². The second kappa shape index (κ2) is 9.82. The van der Waals surface area contributed by atoms with E-state index in [-0.39, 0.29) is 27.7 Å². The summed E-state index contributed by atoms with van der Waals surface area (Å²) in [7, 11) is 0. The van der Waals surface area contributed by atoms with E-state index < -0.39 is 0 Å². The van der Waals surface area contributed by atoms with Gasteiger partial charge in [0.1, 0.15) is 11.9 Å². The van der Waals surface area contributed by atoms with Crippen LogP contribution >= 0.6 is 15.9 Å². The van der Waals surface area contributed by atoms with Gasteiger partial charge in [0.25, 0.3) is 0 Å². The Morgan fingerprint density at radius 3 is 2.38 bits per heavy atom. The van der Waals surface area contributed by atoms with Crippen molar-refractivity contribution in [3.8, 4) is 0 Å². The van der Waals surface area contributed by atoms with Crippen LogP contribution in [0.2, 0.25) is 0 Å². The van der Waals surface area contributed by atoms with E-state index in [0.717, 1.165) is 48.9 Å². The van der Waals surface area contributed by atoms with Gasteiger partial charge in [0, 0.05) is 19.3 Å². The van der Waals surface area contributed by atoms with Crippen LogP contribution in [0.5, 0.6) is 0 Å². The summed E-state index contributed by atoms with van der Waals surface area (Å²) < 4.78 is 6.23. The number of rotatable bonds is 6. The van der Waals surface area contributed by atoms with Crippen LogP contribution in [0.4, 0.5) is 0 Å². The van der Waals surface area contributed by atoms with E-state index in [1.54, 1.807) is 6.92 Å². The van der Waals surface area contributed by atoms with Crippen molar-refractivity contribution in [3.05, 3.63) is 0 Å². The third kappa shape index (κ3) is 4.56. The molecule has 0 aromatic heterocycles. The molecule has 0 aliphatic heterocycles. The Morgan fingerprint density at radius 2 is 1.74 bits per heavy atom. The molecule has 0 saturated heterocycles. The average Bonchev–Trinajstić information content (AvgIpc) is 3.08. The van der Waals surface area contributed by atoms with Gasteiger partial charge in [-0.1, -0.05) is 70.3 Å². The predicted molar refractivity (Wildman–Crippen MR) is 142 cm³/mol. The molecule has 34 heavy (non-hydrogen) atoms. The van der Waals surface area contributed by atoms with Crippen LogP contribution in [0.1, 0.15) is 106 Å². The monoisotopic (exact) mass is 536 g/mol. The molecule has 0 bridgehead atoms. The highest BCUT2D eigenvalue weighted by Crippen LogP contribution is 2.69. The topological polar surface area (TPSA) is 43.4 Å². The first-order chi connectivity index (χ1) is 15.9. The van der Waals surface area contributed by atoms with Crippen LogP contribution in [0, 0.1) is 58.2 Å². The van der Waals surface area contributed by atoms with Crippen molar-refractivity contribution >= 4 is 27.7 Å². The van der Waals surface area contributed by atoms with Crippen molar-refractivity contribution in [1.82, 2.24) is 0 Å². The number of ether oxygens (including phenoxy) is 1. The quantitative estimate of drug-likeness (QED) is 0.256. The Labute approximate surface area is 217 Å². The summed E-state index contributed by atoms with van der Waals surface area (Å²) in [5.74, 6) is 5.37. The zero-order valence-corrected chi connectivity index (χ0v) is 24.3. The summed E-state index contributed by atoms with van der Waals surface area (Å²) in [5.41, 5.74) is 0.325. The van der Waals surface area contributed by atoms with Crippen molar-refractivity contribution in [2.75, 3.05) is 0 Å². The number of carbonyl (C=O) groups excluding carboxylic acids is 2. The van der Waals surface area contributed by atoms with Crippen LogP contribution in [-0.2, 0) is 14.3 Å². The van der Waals surface area contributed by atoms with Gasteiger partial charge in [0.05, 0.1) is 4.83 Å². The fraction of sp³-hybridized carbons (Fsp3) is 0.933. The van der Waals surface area contributed by atoms with E-state index in [9.17, 15) is 9.59 Å². The molecule has 194 valence electrons. The van der Waals surface area contributed by atoms with E-state index in [1.807, 2.05) is 0 Å². The number of esters is 1. The summed E-state index contributed by atoms with van der Waals surface area (Å²) in [6.45, 7) is 16.2. The van der Waals surface area contributed by atoms with Gasteiger partial charge >= 0.3 is 5.97 Å². The average molecular weight is 538 g/mol. The molecule has 0 spiro atoms. The first kappa shape index (κ1) is 26.7. The van der Waals surface area contributed by atoms with Gasteiger partial charge < -0.3 is 4.74 Å². The number of halogens is 1. The highest BCUT2D eigenvalue weighted by molar-refractivity contribution is 9.10. The van der Waals surface area contributed by atoms with Crippen LogP contribution in [0.3, 0.4) is 0 Å². The van der Waals surface area contributed by atoms with E-state index in [2.05, 4.69) is 57.5 Å². The molecule has 0 aromatic rings. The van der Waals surface area contributed by atoms with Gasteiger partial charge in [-0.25, -0.2) is 0 Å². The second-order valence-electron chi connectivity index (χ2n) is 13.7. The third-order valence-electron chi connectivity index (χ3n) is 11.7. The molecule has 0 radical (unpaired) electrons. The molecule has 4 rings (SSSR count). The Bertz CT molecular complexity index is 779. The molecule has 4 fully saturated rings. The minimum atomic E-state index is -0.132. The number of hydrogen-bond donors (Lipinski definition) is 0. The van der Waals surface area contributed by atoms with Crippen molar-refractivity contribution < 1.29 is 14.3 Å². The fourth-order valence-corrected chi connectivity index (χ4v) is 10.4. The molecule has 0 N–H and O–H groups in total. The SMILES string of the molecule is CC(=O)O[C@@H]1C[C@]2(C)[C@H](CC[C@@H]2[C@H](C)CC[C@H](C)C(C)C)[C@@H]2CC[C@H]3CC(=O)[C@H](Br)C[C@@]3(C)[C@H]21. The molecule has 0 unspecified atom stereocenters. The Kier molecular flexibility index (Phi) is 7.71. The van der Waals surface area contributed by atoms with Crippen molar-refractivity contribution in [2.24, 2.45) is 58.2 Å². The second-order valence-corrected chi connectivity index (χ2v) is 14.8. The fourth-order valence-electron chi connectivity index (χ4n) is 9.51. The third-order valence-corrected chi connectivity index (χ3v) is 12.5. The van der Waals surface area contributed by atoms with Crippen LogP contribution in [0.15, 0.2) is 0 Å². The van der Waals surface area contributed by atoms with Gasteiger partial charge in [-0.3, -0.25) is 9.59 Å². The number of carbonyl (C=O) groups is 2. The zero-order chi connectivity index (χ0) is 25.0. The van der Waals surface area contributed by atoms with Gasteiger partial charge in [0.15, 0.2) is 0 Å². The Morgan fingerprint density at radius 1 is 1.03 bits per heavy atom. The molecule has 3 nitrogen and oxygen atoms in total. The minimum absolute atomic E-state index is 0.00756. The summed E-state index contributed by atoms with van der Waals surface area (Å²) in [5, 5.41) is 0. The predicted octanol–water partition coefficient (Wildman–Crippen LogP) is 7.84. The first-order valence-electron chi connectivity index (χ1n) is 14.2. The number of Topliss-reactive ketones (excluding diaryl/α,β-unsaturated/α-hetero) is 1. The number of fused-ring (bicyclic) bond motifs is 5. The Hall–Kier alpha value is -0.380. The molecule has 0 heterocycles. The lowest BCUT2D eigenvalue weighted by Crippen LogP contribution is -2.61. The molecule has 4 aliphatic rings. The highest BCUT2D eigenvalue weighted by atomic mass is 79.9. The van der Waals surface area contributed by atoms with E-state index in [4.69, 9.17) is 4.74 Å². The minimum Gasteiger partial charge on any atom is -0.462 e. The lowest BCUT2D eigenvalue weighted by Gasteiger charge is -2.62. The maximum absolute atomic E-state index is 12.6. The lowest BCUT2D eigenvalue weighted by atomic mass is 9.43. The normalized spacial score (nSPS) is 45.8. The zero-order valence-electron chi connectivity index (χ0n) is 22.7. The Balaban J connectivity index is 1.61. The largest absolute Gasteiger partial charge is 0.462 e.